The second-order valence-electron chi connectivity index (χ2n) is 8.45. The third kappa shape index (κ3) is 4.26. The molecule has 0 saturated carbocycles. The standard InChI is InChI=1S/C25H25N5O3/c1-15-6-19(9-25(29-15)30-13-20-8-18(30)14-32-20)33-24-7-16(10-26)2-4-21(24)22-5-3-17(12-28-22)23(31)11-27/h2-7,9,12,18,20,23,31H,8,11,13-14,27H2,1H3/t18-,20-,23?/m0/s1. The second-order valence-corrected chi connectivity index (χ2v) is 8.45. The zero-order valence-electron chi connectivity index (χ0n) is 18.3. The number of fused-ring (bicyclic) bond motifs is 2. The van der Waals surface area contributed by atoms with Gasteiger partial charge >= 0.3 is 0 Å². The average Bonchev–Trinajstić information content (AvgIpc) is 3.47. The number of pyridine rings is 2. The van der Waals surface area contributed by atoms with E-state index >= 15 is 0 Å². The van der Waals surface area contributed by atoms with Gasteiger partial charge in [0.2, 0.25) is 0 Å². The zero-order valence-corrected chi connectivity index (χ0v) is 18.3. The van der Waals surface area contributed by atoms with Gasteiger partial charge in [0.25, 0.3) is 0 Å². The number of anilines is 1. The number of ether oxygens (including phenoxy) is 2. The molecular weight excluding hydrogens is 418 g/mol. The summed E-state index contributed by atoms with van der Waals surface area (Å²) in [5, 5.41) is 19.4. The highest BCUT2D eigenvalue weighted by molar-refractivity contribution is 5.69. The van der Waals surface area contributed by atoms with Crippen molar-refractivity contribution < 1.29 is 14.6 Å². The molecule has 1 unspecified atom stereocenters. The highest BCUT2D eigenvalue weighted by Gasteiger charge is 2.39. The number of morpholine rings is 1. The Morgan fingerprint density at radius 2 is 2.18 bits per heavy atom. The Bertz CT molecular complexity index is 1210. The predicted octanol–water partition coefficient (Wildman–Crippen LogP) is 3.09. The van der Waals surface area contributed by atoms with Gasteiger partial charge < -0.3 is 25.2 Å². The molecule has 2 saturated heterocycles. The molecule has 3 atom stereocenters. The summed E-state index contributed by atoms with van der Waals surface area (Å²) >= 11 is 0. The SMILES string of the molecule is Cc1cc(Oc2cc(C#N)ccc2-c2ccc(C(O)CN)cn2)cc(N2C[C@@H]3C[C@H]2CO3)n1. The number of aliphatic hydroxyl groups excluding tert-OH is 1. The number of aromatic nitrogens is 2. The quantitative estimate of drug-likeness (QED) is 0.597. The van der Waals surface area contributed by atoms with Gasteiger partial charge in [0.1, 0.15) is 17.3 Å². The number of aryl methyl sites for hydroxylation is 1. The Morgan fingerprint density at radius 3 is 2.85 bits per heavy atom. The van der Waals surface area contributed by atoms with E-state index in [0.29, 0.717) is 34.4 Å². The summed E-state index contributed by atoms with van der Waals surface area (Å²) in [6.07, 6.45) is 2.15. The molecule has 2 bridgehead atoms. The van der Waals surface area contributed by atoms with Gasteiger partial charge in [0.15, 0.2) is 0 Å². The summed E-state index contributed by atoms with van der Waals surface area (Å²) in [6, 6.07) is 15.2. The molecule has 168 valence electrons. The van der Waals surface area contributed by atoms with Gasteiger partial charge in [-0.2, -0.15) is 5.26 Å². The van der Waals surface area contributed by atoms with E-state index in [1.54, 1.807) is 24.4 Å². The number of benzene rings is 1. The smallest absolute Gasteiger partial charge is 0.138 e. The number of aliphatic hydroxyl groups is 1. The van der Waals surface area contributed by atoms with Crippen LogP contribution < -0.4 is 15.4 Å². The van der Waals surface area contributed by atoms with E-state index in [1.165, 1.54) is 0 Å². The fourth-order valence-corrected chi connectivity index (χ4v) is 4.42. The molecule has 33 heavy (non-hydrogen) atoms. The third-order valence-electron chi connectivity index (χ3n) is 6.12. The van der Waals surface area contributed by atoms with Crippen LogP contribution >= 0.6 is 0 Å². The van der Waals surface area contributed by atoms with Gasteiger partial charge in [-0.15, -0.1) is 0 Å². The van der Waals surface area contributed by atoms with Crippen LogP contribution in [-0.4, -0.2) is 46.9 Å². The molecule has 8 heteroatoms. The molecule has 0 spiro atoms. The van der Waals surface area contributed by atoms with Crippen molar-refractivity contribution in [1.82, 2.24) is 9.97 Å². The average molecular weight is 444 g/mol. The van der Waals surface area contributed by atoms with Gasteiger partial charge in [-0.1, -0.05) is 6.07 Å². The molecule has 3 N–H and O–H groups in total. The van der Waals surface area contributed by atoms with Crippen molar-refractivity contribution in [2.45, 2.75) is 31.6 Å². The lowest BCUT2D eigenvalue weighted by Gasteiger charge is -2.28. The summed E-state index contributed by atoms with van der Waals surface area (Å²) < 4.78 is 12.0. The fourth-order valence-electron chi connectivity index (χ4n) is 4.42. The zero-order chi connectivity index (χ0) is 22.9. The van der Waals surface area contributed by atoms with Crippen LogP contribution in [0.15, 0.2) is 48.7 Å². The highest BCUT2D eigenvalue weighted by Crippen LogP contribution is 2.37. The molecule has 0 amide bonds. The van der Waals surface area contributed by atoms with Gasteiger partial charge in [0.05, 0.1) is 42.2 Å². The first-order chi connectivity index (χ1) is 16.0. The van der Waals surface area contributed by atoms with Crippen LogP contribution in [0.2, 0.25) is 0 Å². The molecule has 2 aromatic heterocycles. The summed E-state index contributed by atoms with van der Waals surface area (Å²) in [5.41, 5.74) is 8.94. The largest absolute Gasteiger partial charge is 0.456 e. The first-order valence-electron chi connectivity index (χ1n) is 11.0. The molecule has 2 aliphatic rings. The van der Waals surface area contributed by atoms with E-state index in [2.05, 4.69) is 16.0 Å². The number of nitriles is 1. The Morgan fingerprint density at radius 1 is 1.30 bits per heavy atom. The molecule has 0 radical (unpaired) electrons. The Balaban J connectivity index is 1.48. The summed E-state index contributed by atoms with van der Waals surface area (Å²) in [5.74, 6) is 2.04. The Labute approximate surface area is 192 Å². The van der Waals surface area contributed by atoms with Crippen LogP contribution in [0.4, 0.5) is 5.82 Å². The van der Waals surface area contributed by atoms with Crippen LogP contribution in [0.1, 0.15) is 29.3 Å². The van der Waals surface area contributed by atoms with Crippen LogP contribution in [0.25, 0.3) is 11.3 Å². The number of hydrogen-bond donors (Lipinski definition) is 2. The van der Waals surface area contributed by atoms with Gasteiger partial charge in [-0.05, 0) is 37.6 Å². The Hall–Kier alpha value is -3.51. The molecule has 2 aliphatic heterocycles. The maximum Gasteiger partial charge on any atom is 0.138 e. The minimum Gasteiger partial charge on any atom is -0.456 e. The lowest BCUT2D eigenvalue weighted by atomic mass is 10.1. The van der Waals surface area contributed by atoms with E-state index in [-0.39, 0.29) is 12.6 Å². The van der Waals surface area contributed by atoms with Crippen molar-refractivity contribution in [3.63, 3.8) is 0 Å². The topological polar surface area (TPSA) is 118 Å². The lowest BCUT2D eigenvalue weighted by molar-refractivity contribution is 0.0988. The molecule has 0 aliphatic carbocycles. The minimum absolute atomic E-state index is 0.126. The minimum atomic E-state index is -0.757. The highest BCUT2D eigenvalue weighted by atomic mass is 16.5. The molecule has 1 aromatic carbocycles. The number of hydrogen-bond acceptors (Lipinski definition) is 8. The van der Waals surface area contributed by atoms with E-state index in [9.17, 15) is 10.4 Å². The Kier molecular flexibility index (Phi) is 5.68. The fraction of sp³-hybridized carbons (Fsp3) is 0.320. The van der Waals surface area contributed by atoms with E-state index in [0.717, 1.165) is 36.6 Å². The monoisotopic (exact) mass is 443 g/mol. The van der Waals surface area contributed by atoms with Gasteiger partial charge in [0, 0.05) is 48.2 Å². The maximum atomic E-state index is 9.95. The summed E-state index contributed by atoms with van der Waals surface area (Å²) in [4.78, 5) is 11.5. The van der Waals surface area contributed by atoms with Crippen LogP contribution in [0, 0.1) is 18.3 Å². The predicted molar refractivity (Wildman–Crippen MR) is 123 cm³/mol. The molecule has 5 rings (SSSR count). The van der Waals surface area contributed by atoms with Crippen molar-refractivity contribution in [1.29, 1.82) is 5.26 Å². The number of nitrogens with two attached hydrogens (primary N) is 1. The van der Waals surface area contributed by atoms with E-state index in [1.807, 2.05) is 31.2 Å². The van der Waals surface area contributed by atoms with Crippen molar-refractivity contribution in [3.05, 3.63) is 65.5 Å². The van der Waals surface area contributed by atoms with Crippen LogP contribution in [0.5, 0.6) is 11.5 Å². The molecule has 2 fully saturated rings. The van der Waals surface area contributed by atoms with Crippen LogP contribution in [-0.2, 0) is 4.74 Å². The molecule has 3 aromatic rings. The first kappa shape index (κ1) is 21.3. The summed E-state index contributed by atoms with van der Waals surface area (Å²) in [6.45, 7) is 3.63. The maximum absolute atomic E-state index is 9.95. The molecule has 4 heterocycles. The van der Waals surface area contributed by atoms with Crippen molar-refractivity contribution >= 4 is 5.82 Å². The first-order valence-corrected chi connectivity index (χ1v) is 11.0. The molecule has 8 nitrogen and oxygen atoms in total. The number of rotatable bonds is 6. The van der Waals surface area contributed by atoms with Crippen molar-refractivity contribution in [3.8, 4) is 28.8 Å². The van der Waals surface area contributed by atoms with Crippen LogP contribution in [0.3, 0.4) is 0 Å². The van der Waals surface area contributed by atoms with Crippen molar-refractivity contribution in [2.75, 3.05) is 24.6 Å². The van der Waals surface area contributed by atoms with Gasteiger partial charge in [-0.3, -0.25) is 4.98 Å². The number of nitrogens with zero attached hydrogens (tertiary/aromatic N) is 4. The third-order valence-corrected chi connectivity index (χ3v) is 6.12. The normalized spacial score (nSPS) is 20.0. The summed E-state index contributed by atoms with van der Waals surface area (Å²) in [7, 11) is 0. The van der Waals surface area contributed by atoms with Crippen molar-refractivity contribution in [2.24, 2.45) is 5.73 Å². The lowest BCUT2D eigenvalue weighted by Crippen LogP contribution is -2.37. The van der Waals surface area contributed by atoms with Gasteiger partial charge in [-0.25, -0.2) is 4.98 Å². The van der Waals surface area contributed by atoms with E-state index < -0.39 is 6.10 Å². The second kappa shape index (κ2) is 8.79. The molecular formula is C25H25N5O3. The van der Waals surface area contributed by atoms with E-state index in [4.69, 9.17) is 20.2 Å².